The fourth-order valence-electron chi connectivity index (χ4n) is 3.11. The third kappa shape index (κ3) is 6.73. The zero-order valence-electron chi connectivity index (χ0n) is 18.5. The Hall–Kier alpha value is -3.52. The molecule has 0 bridgehead atoms. The first-order chi connectivity index (χ1) is 15.8. The molecule has 0 aliphatic heterocycles. The maximum absolute atomic E-state index is 13.3. The van der Waals surface area contributed by atoms with Crippen LogP contribution in [-0.4, -0.2) is 26.6 Å². The standard InChI is InChI=1S/C25H26FN3O3S/c1-19-8-14-23(15-9-19)29(33(31,32)24-16-12-22(26)13-17-24)18-25(30)28-27-20(2)10-11-21-6-4-3-5-7-21/h3-9,12-17H,10-11,18H2,1-2H3,(H,28,30)/b27-20-. The van der Waals surface area contributed by atoms with Crippen LogP contribution in [0.4, 0.5) is 10.1 Å². The van der Waals surface area contributed by atoms with Crippen LogP contribution < -0.4 is 9.73 Å². The van der Waals surface area contributed by atoms with E-state index in [0.29, 0.717) is 12.1 Å². The van der Waals surface area contributed by atoms with E-state index < -0.39 is 28.3 Å². The molecule has 0 atom stereocenters. The van der Waals surface area contributed by atoms with E-state index in [2.05, 4.69) is 10.5 Å². The first-order valence-corrected chi connectivity index (χ1v) is 11.9. The molecule has 0 aliphatic carbocycles. The van der Waals surface area contributed by atoms with Crippen molar-refractivity contribution in [3.63, 3.8) is 0 Å². The highest BCUT2D eigenvalue weighted by atomic mass is 32.2. The molecule has 0 fully saturated rings. The van der Waals surface area contributed by atoms with Gasteiger partial charge in [0.15, 0.2) is 0 Å². The number of hydrazone groups is 1. The summed E-state index contributed by atoms with van der Waals surface area (Å²) in [7, 11) is -4.11. The minimum Gasteiger partial charge on any atom is -0.271 e. The second kappa shape index (κ2) is 10.9. The first kappa shape index (κ1) is 24.1. The van der Waals surface area contributed by atoms with Crippen molar-refractivity contribution in [1.29, 1.82) is 0 Å². The third-order valence-electron chi connectivity index (χ3n) is 5.00. The van der Waals surface area contributed by atoms with Gasteiger partial charge in [-0.3, -0.25) is 9.10 Å². The largest absolute Gasteiger partial charge is 0.271 e. The van der Waals surface area contributed by atoms with E-state index in [-0.39, 0.29) is 4.90 Å². The molecule has 172 valence electrons. The number of carbonyl (C=O) groups excluding carboxylic acids is 1. The first-order valence-electron chi connectivity index (χ1n) is 10.5. The van der Waals surface area contributed by atoms with E-state index in [4.69, 9.17) is 0 Å². The zero-order valence-corrected chi connectivity index (χ0v) is 19.3. The van der Waals surface area contributed by atoms with Crippen molar-refractivity contribution >= 4 is 27.3 Å². The monoisotopic (exact) mass is 467 g/mol. The van der Waals surface area contributed by atoms with Crippen molar-refractivity contribution in [3.8, 4) is 0 Å². The van der Waals surface area contributed by atoms with Gasteiger partial charge in [-0.1, -0.05) is 48.0 Å². The lowest BCUT2D eigenvalue weighted by molar-refractivity contribution is -0.119. The smallest absolute Gasteiger partial charge is 0.264 e. The van der Waals surface area contributed by atoms with Crippen LogP contribution in [0.5, 0.6) is 0 Å². The summed E-state index contributed by atoms with van der Waals surface area (Å²) in [5.41, 5.74) is 5.59. The Morgan fingerprint density at radius 1 is 0.970 bits per heavy atom. The van der Waals surface area contributed by atoms with Crippen molar-refractivity contribution in [1.82, 2.24) is 5.43 Å². The number of carbonyl (C=O) groups is 1. The molecular weight excluding hydrogens is 441 g/mol. The topological polar surface area (TPSA) is 78.8 Å². The number of hydrogen-bond donors (Lipinski definition) is 1. The number of nitrogens with one attached hydrogen (secondary N) is 1. The molecule has 0 aliphatic rings. The normalized spacial score (nSPS) is 11.8. The van der Waals surface area contributed by atoms with E-state index in [1.54, 1.807) is 31.2 Å². The Bertz CT molecular complexity index is 1210. The highest BCUT2D eigenvalue weighted by Gasteiger charge is 2.27. The van der Waals surface area contributed by atoms with Gasteiger partial charge in [-0.05, 0) is 68.7 Å². The number of nitrogens with zero attached hydrogens (tertiary/aromatic N) is 2. The lowest BCUT2D eigenvalue weighted by Crippen LogP contribution is -2.39. The molecule has 1 amide bonds. The van der Waals surface area contributed by atoms with Crippen molar-refractivity contribution < 1.29 is 17.6 Å². The summed E-state index contributed by atoms with van der Waals surface area (Å²) in [6.07, 6.45) is 1.43. The van der Waals surface area contributed by atoms with Gasteiger partial charge in [0.2, 0.25) is 0 Å². The van der Waals surface area contributed by atoms with Crippen LogP contribution in [0.15, 0.2) is 88.9 Å². The lowest BCUT2D eigenvalue weighted by atomic mass is 10.1. The molecule has 8 heteroatoms. The Morgan fingerprint density at radius 3 is 2.24 bits per heavy atom. The highest BCUT2D eigenvalue weighted by molar-refractivity contribution is 7.92. The summed E-state index contributed by atoms with van der Waals surface area (Å²) in [5, 5.41) is 4.11. The average Bonchev–Trinajstić information content (AvgIpc) is 2.81. The van der Waals surface area contributed by atoms with Gasteiger partial charge in [-0.2, -0.15) is 5.10 Å². The molecule has 3 aromatic carbocycles. The number of anilines is 1. The molecule has 0 aromatic heterocycles. The molecule has 3 rings (SSSR count). The van der Waals surface area contributed by atoms with E-state index in [0.717, 1.165) is 39.7 Å². The Kier molecular flexibility index (Phi) is 7.95. The van der Waals surface area contributed by atoms with Crippen LogP contribution in [0.25, 0.3) is 0 Å². The molecule has 0 radical (unpaired) electrons. The van der Waals surface area contributed by atoms with Crippen molar-refractivity contribution in [3.05, 3.63) is 95.8 Å². The van der Waals surface area contributed by atoms with Crippen LogP contribution >= 0.6 is 0 Å². The van der Waals surface area contributed by atoms with Gasteiger partial charge >= 0.3 is 0 Å². The SMILES string of the molecule is C/C(CCc1ccccc1)=N/NC(=O)CN(c1ccc(C)cc1)S(=O)(=O)c1ccc(F)cc1. The number of amides is 1. The van der Waals surface area contributed by atoms with Crippen LogP contribution in [0.3, 0.4) is 0 Å². The van der Waals surface area contributed by atoms with Crippen molar-refractivity contribution in [2.75, 3.05) is 10.8 Å². The van der Waals surface area contributed by atoms with Gasteiger partial charge in [0.25, 0.3) is 15.9 Å². The second-order valence-corrected chi connectivity index (χ2v) is 9.53. The van der Waals surface area contributed by atoms with Gasteiger partial charge in [0, 0.05) is 5.71 Å². The van der Waals surface area contributed by atoms with Crippen molar-refractivity contribution in [2.45, 2.75) is 31.6 Å². The molecule has 0 heterocycles. The minimum absolute atomic E-state index is 0.111. The summed E-state index contributed by atoms with van der Waals surface area (Å²) in [4.78, 5) is 12.5. The summed E-state index contributed by atoms with van der Waals surface area (Å²) in [6.45, 7) is 3.21. The third-order valence-corrected chi connectivity index (χ3v) is 6.79. The number of hydrogen-bond acceptors (Lipinski definition) is 4. The number of benzene rings is 3. The van der Waals surface area contributed by atoms with Crippen LogP contribution in [0.1, 0.15) is 24.5 Å². The zero-order chi connectivity index (χ0) is 23.8. The average molecular weight is 468 g/mol. The highest BCUT2D eigenvalue weighted by Crippen LogP contribution is 2.24. The molecule has 0 unspecified atom stereocenters. The van der Waals surface area contributed by atoms with Crippen LogP contribution in [-0.2, 0) is 21.2 Å². The van der Waals surface area contributed by atoms with Gasteiger partial charge < -0.3 is 0 Å². The lowest BCUT2D eigenvalue weighted by Gasteiger charge is -2.24. The molecule has 3 aromatic rings. The number of aryl methyl sites for hydroxylation is 2. The van der Waals surface area contributed by atoms with E-state index in [9.17, 15) is 17.6 Å². The fourth-order valence-corrected chi connectivity index (χ4v) is 4.53. The summed E-state index contributed by atoms with van der Waals surface area (Å²) in [6, 6.07) is 21.2. The van der Waals surface area contributed by atoms with E-state index in [1.165, 1.54) is 12.1 Å². The Balaban J connectivity index is 1.75. The minimum atomic E-state index is -4.11. The maximum atomic E-state index is 13.3. The number of sulfonamides is 1. The molecule has 0 saturated heterocycles. The van der Waals surface area contributed by atoms with E-state index in [1.807, 2.05) is 37.3 Å². The van der Waals surface area contributed by atoms with Gasteiger partial charge in [0.05, 0.1) is 10.6 Å². The fraction of sp³-hybridized carbons (Fsp3) is 0.200. The summed E-state index contributed by atoms with van der Waals surface area (Å²) >= 11 is 0. The molecule has 0 spiro atoms. The molecule has 0 saturated carbocycles. The van der Waals surface area contributed by atoms with Crippen LogP contribution in [0, 0.1) is 12.7 Å². The van der Waals surface area contributed by atoms with Crippen molar-refractivity contribution in [2.24, 2.45) is 5.10 Å². The second-order valence-electron chi connectivity index (χ2n) is 7.67. The number of halogens is 1. The Labute approximate surface area is 193 Å². The Morgan fingerprint density at radius 2 is 1.61 bits per heavy atom. The predicted molar refractivity (Wildman–Crippen MR) is 128 cm³/mol. The summed E-state index contributed by atoms with van der Waals surface area (Å²) in [5.74, 6) is -1.13. The van der Waals surface area contributed by atoms with Crippen LogP contribution in [0.2, 0.25) is 0 Å². The quantitative estimate of drug-likeness (QED) is 0.373. The molecular formula is C25H26FN3O3S. The van der Waals surface area contributed by atoms with Gasteiger partial charge in [0.1, 0.15) is 12.4 Å². The summed E-state index contributed by atoms with van der Waals surface area (Å²) < 4.78 is 40.8. The van der Waals surface area contributed by atoms with Gasteiger partial charge in [-0.15, -0.1) is 0 Å². The maximum Gasteiger partial charge on any atom is 0.264 e. The molecule has 33 heavy (non-hydrogen) atoms. The number of rotatable bonds is 9. The predicted octanol–water partition coefficient (Wildman–Crippen LogP) is 4.45. The van der Waals surface area contributed by atoms with Gasteiger partial charge in [-0.25, -0.2) is 18.2 Å². The van der Waals surface area contributed by atoms with E-state index >= 15 is 0 Å². The molecule has 1 N–H and O–H groups in total. The molecule has 6 nitrogen and oxygen atoms in total.